The van der Waals surface area contributed by atoms with Gasteiger partial charge in [0.15, 0.2) is 0 Å². The van der Waals surface area contributed by atoms with Gasteiger partial charge in [0.1, 0.15) is 0 Å². The van der Waals surface area contributed by atoms with Gasteiger partial charge in [-0.15, -0.1) is 0 Å². The topological polar surface area (TPSA) is 38.0 Å². The van der Waals surface area contributed by atoms with Crippen molar-refractivity contribution in [1.82, 2.24) is 5.43 Å². The number of rotatable bonds is 3. The van der Waals surface area contributed by atoms with Crippen LogP contribution in [0.25, 0.3) is 0 Å². The Bertz CT molecular complexity index is 602. The maximum atomic E-state index is 6.29. The molecule has 0 spiro atoms. The fraction of sp³-hybridized carbons (Fsp3) is 0.0769. The van der Waals surface area contributed by atoms with Crippen LogP contribution >= 0.6 is 50.7 Å². The first kappa shape index (κ1) is 15.1. The van der Waals surface area contributed by atoms with Gasteiger partial charge in [-0.3, -0.25) is 5.84 Å². The minimum Gasteiger partial charge on any atom is -0.271 e. The second-order valence-corrected chi connectivity index (χ2v) is 5.98. The molecule has 0 heterocycles. The van der Waals surface area contributed by atoms with Crippen LogP contribution in [0.4, 0.5) is 0 Å². The Labute approximate surface area is 134 Å². The van der Waals surface area contributed by atoms with E-state index in [9.17, 15) is 0 Å². The van der Waals surface area contributed by atoms with E-state index in [2.05, 4.69) is 21.4 Å². The summed E-state index contributed by atoms with van der Waals surface area (Å²) in [5.41, 5.74) is 4.32. The molecule has 0 aliphatic heterocycles. The summed E-state index contributed by atoms with van der Waals surface area (Å²) in [6, 6.07) is 10.5. The number of nitrogens with two attached hydrogens (primary N) is 1. The molecule has 19 heavy (non-hydrogen) atoms. The number of hydrogen-bond donors (Lipinski definition) is 2. The highest BCUT2D eigenvalue weighted by Gasteiger charge is 2.19. The minimum atomic E-state index is -0.337. The lowest BCUT2D eigenvalue weighted by atomic mass is 9.99. The molecule has 1 unspecified atom stereocenters. The molecule has 2 aromatic carbocycles. The molecule has 2 aromatic rings. The van der Waals surface area contributed by atoms with Crippen molar-refractivity contribution < 1.29 is 0 Å². The highest BCUT2D eigenvalue weighted by atomic mass is 79.9. The Morgan fingerprint density at radius 1 is 1.05 bits per heavy atom. The zero-order chi connectivity index (χ0) is 14.0. The van der Waals surface area contributed by atoms with E-state index < -0.39 is 0 Å². The molecule has 0 saturated carbocycles. The molecule has 0 saturated heterocycles. The Hall–Kier alpha value is -0.290. The number of halogens is 4. The zero-order valence-electron chi connectivity index (χ0n) is 9.63. The van der Waals surface area contributed by atoms with Crippen molar-refractivity contribution in [2.45, 2.75) is 6.04 Å². The van der Waals surface area contributed by atoms with E-state index in [0.717, 1.165) is 15.6 Å². The standard InChI is InChI=1S/C13H10BrCl3N2/c14-10-3-1-2-8(12(10)17)13(19-18)9-6-7(15)4-5-11(9)16/h1-6,13,19H,18H2. The van der Waals surface area contributed by atoms with Crippen LogP contribution in [-0.2, 0) is 0 Å². The van der Waals surface area contributed by atoms with Crippen LogP contribution in [0.3, 0.4) is 0 Å². The van der Waals surface area contributed by atoms with Gasteiger partial charge in [-0.25, -0.2) is 5.43 Å². The molecule has 0 bridgehead atoms. The van der Waals surface area contributed by atoms with Crippen molar-refractivity contribution in [3.8, 4) is 0 Å². The molecule has 0 aliphatic carbocycles. The molecular weight excluding hydrogens is 370 g/mol. The highest BCUT2D eigenvalue weighted by molar-refractivity contribution is 9.10. The van der Waals surface area contributed by atoms with Gasteiger partial charge in [-0.2, -0.15) is 0 Å². The molecule has 0 amide bonds. The average molecular weight is 380 g/mol. The normalized spacial score (nSPS) is 12.5. The molecule has 2 nitrogen and oxygen atoms in total. The van der Waals surface area contributed by atoms with Crippen LogP contribution in [0.15, 0.2) is 40.9 Å². The van der Waals surface area contributed by atoms with Crippen LogP contribution in [0.5, 0.6) is 0 Å². The van der Waals surface area contributed by atoms with Gasteiger partial charge in [-0.1, -0.05) is 46.9 Å². The summed E-state index contributed by atoms with van der Waals surface area (Å²) in [5, 5.41) is 1.75. The van der Waals surface area contributed by atoms with Crippen LogP contribution in [0.1, 0.15) is 17.2 Å². The number of nitrogens with one attached hydrogen (secondary N) is 1. The van der Waals surface area contributed by atoms with Gasteiger partial charge in [0.05, 0.1) is 11.1 Å². The largest absolute Gasteiger partial charge is 0.271 e. The quantitative estimate of drug-likeness (QED) is 0.583. The van der Waals surface area contributed by atoms with Crippen molar-refractivity contribution in [2.75, 3.05) is 0 Å². The van der Waals surface area contributed by atoms with Crippen molar-refractivity contribution in [3.63, 3.8) is 0 Å². The summed E-state index contributed by atoms with van der Waals surface area (Å²) >= 11 is 21.9. The third-order valence-electron chi connectivity index (χ3n) is 2.73. The SMILES string of the molecule is NNC(c1cc(Cl)ccc1Cl)c1cccc(Br)c1Cl. The maximum absolute atomic E-state index is 6.29. The van der Waals surface area contributed by atoms with Gasteiger partial charge in [0.25, 0.3) is 0 Å². The monoisotopic (exact) mass is 378 g/mol. The number of hydrogen-bond acceptors (Lipinski definition) is 2. The molecule has 0 aliphatic rings. The van der Waals surface area contributed by atoms with Gasteiger partial charge < -0.3 is 0 Å². The maximum Gasteiger partial charge on any atom is 0.0739 e. The first-order valence-electron chi connectivity index (χ1n) is 5.39. The van der Waals surface area contributed by atoms with Crippen molar-refractivity contribution in [2.24, 2.45) is 5.84 Å². The van der Waals surface area contributed by atoms with E-state index >= 15 is 0 Å². The van der Waals surface area contributed by atoms with Crippen LogP contribution < -0.4 is 11.3 Å². The van der Waals surface area contributed by atoms with E-state index in [1.165, 1.54) is 0 Å². The Kier molecular flexibility index (Phi) is 5.12. The fourth-order valence-corrected chi connectivity index (χ4v) is 2.85. The zero-order valence-corrected chi connectivity index (χ0v) is 13.5. The van der Waals surface area contributed by atoms with Crippen molar-refractivity contribution >= 4 is 50.7 Å². The van der Waals surface area contributed by atoms with Crippen LogP contribution in [0.2, 0.25) is 15.1 Å². The summed E-state index contributed by atoms with van der Waals surface area (Å²) in [4.78, 5) is 0. The first-order chi connectivity index (χ1) is 9.04. The second-order valence-electron chi connectivity index (χ2n) is 3.91. The Morgan fingerprint density at radius 2 is 1.79 bits per heavy atom. The lowest BCUT2D eigenvalue weighted by Gasteiger charge is -2.20. The first-order valence-corrected chi connectivity index (χ1v) is 7.32. The number of hydrazine groups is 1. The Morgan fingerprint density at radius 3 is 2.47 bits per heavy atom. The van der Waals surface area contributed by atoms with E-state index in [0.29, 0.717) is 15.1 Å². The third kappa shape index (κ3) is 3.24. The Balaban J connectivity index is 2.56. The molecule has 100 valence electrons. The van der Waals surface area contributed by atoms with Crippen LogP contribution in [-0.4, -0.2) is 0 Å². The van der Waals surface area contributed by atoms with E-state index in [1.54, 1.807) is 18.2 Å². The molecule has 0 radical (unpaired) electrons. The molecule has 6 heteroatoms. The van der Waals surface area contributed by atoms with E-state index in [-0.39, 0.29) is 6.04 Å². The summed E-state index contributed by atoms with van der Waals surface area (Å²) < 4.78 is 0.796. The summed E-state index contributed by atoms with van der Waals surface area (Å²) in [6.45, 7) is 0. The fourth-order valence-electron chi connectivity index (χ4n) is 1.83. The summed E-state index contributed by atoms with van der Waals surface area (Å²) in [6.07, 6.45) is 0. The third-order valence-corrected chi connectivity index (χ3v) is 4.62. The lowest BCUT2D eigenvalue weighted by molar-refractivity contribution is 0.637. The molecule has 1 atom stereocenters. The van der Waals surface area contributed by atoms with Gasteiger partial charge in [-0.05, 0) is 51.3 Å². The highest BCUT2D eigenvalue weighted by Crippen LogP contribution is 2.36. The van der Waals surface area contributed by atoms with Crippen molar-refractivity contribution in [3.05, 3.63) is 67.1 Å². The molecule has 0 fully saturated rings. The van der Waals surface area contributed by atoms with Crippen LogP contribution in [0, 0.1) is 0 Å². The lowest BCUT2D eigenvalue weighted by Crippen LogP contribution is -2.29. The van der Waals surface area contributed by atoms with Gasteiger partial charge in [0, 0.05) is 14.5 Å². The molecule has 2 rings (SSSR count). The van der Waals surface area contributed by atoms with E-state index in [1.807, 2.05) is 18.2 Å². The van der Waals surface area contributed by atoms with Gasteiger partial charge in [0.2, 0.25) is 0 Å². The molecule has 0 aromatic heterocycles. The smallest absolute Gasteiger partial charge is 0.0739 e. The molecular formula is C13H10BrCl3N2. The predicted molar refractivity (Wildman–Crippen MR) is 84.8 cm³/mol. The van der Waals surface area contributed by atoms with Crippen molar-refractivity contribution in [1.29, 1.82) is 0 Å². The summed E-state index contributed by atoms with van der Waals surface area (Å²) in [7, 11) is 0. The predicted octanol–water partition coefficient (Wildman–Crippen LogP) is 4.96. The molecule has 3 N–H and O–H groups in total. The number of benzene rings is 2. The van der Waals surface area contributed by atoms with Gasteiger partial charge >= 0.3 is 0 Å². The minimum absolute atomic E-state index is 0.337. The second kappa shape index (κ2) is 6.44. The average Bonchev–Trinajstić information content (AvgIpc) is 2.39. The summed E-state index contributed by atoms with van der Waals surface area (Å²) in [5.74, 6) is 5.65. The van der Waals surface area contributed by atoms with E-state index in [4.69, 9.17) is 40.6 Å².